The van der Waals surface area contributed by atoms with Crippen molar-refractivity contribution in [2.24, 2.45) is 5.41 Å². The Labute approximate surface area is 208 Å². The molecule has 0 spiro atoms. The van der Waals surface area contributed by atoms with E-state index in [1.165, 1.54) is 4.31 Å². The lowest BCUT2D eigenvalue weighted by Gasteiger charge is -2.30. The predicted octanol–water partition coefficient (Wildman–Crippen LogP) is 5.75. The topological polar surface area (TPSA) is 121 Å². The maximum absolute atomic E-state index is 12.9. The van der Waals surface area contributed by atoms with Crippen LogP contribution < -0.4 is 10.6 Å². The predicted molar refractivity (Wildman–Crippen MR) is 136 cm³/mol. The Bertz CT molecular complexity index is 1230. The van der Waals surface area contributed by atoms with E-state index >= 15 is 0 Å². The molecule has 3 aromatic heterocycles. The summed E-state index contributed by atoms with van der Waals surface area (Å²) in [5.41, 5.74) is 1.20. The van der Waals surface area contributed by atoms with Gasteiger partial charge in [0.15, 0.2) is 21.6 Å². The van der Waals surface area contributed by atoms with E-state index in [-0.39, 0.29) is 27.1 Å². The molecular weight excluding hydrogens is 494 g/mol. The van der Waals surface area contributed by atoms with Crippen molar-refractivity contribution in [1.82, 2.24) is 13.1 Å². The molecule has 12 heteroatoms. The number of aromatic nitrogens is 2. The van der Waals surface area contributed by atoms with Gasteiger partial charge in [0.25, 0.3) is 10.0 Å². The van der Waals surface area contributed by atoms with E-state index in [0.29, 0.717) is 30.6 Å². The number of hydrogen-bond donors (Lipinski definition) is 3. The Kier molecular flexibility index (Phi) is 6.96. The Balaban J connectivity index is 1.57. The third-order valence-electron chi connectivity index (χ3n) is 5.85. The van der Waals surface area contributed by atoms with Gasteiger partial charge in [-0.3, -0.25) is 0 Å². The molecule has 1 fully saturated rings. The summed E-state index contributed by atoms with van der Waals surface area (Å²) >= 11 is 2.02. The van der Waals surface area contributed by atoms with Crippen molar-refractivity contribution < 1.29 is 17.9 Å². The third-order valence-corrected chi connectivity index (χ3v) is 9.77. The van der Waals surface area contributed by atoms with Gasteiger partial charge in [0.05, 0.1) is 29.7 Å². The number of sulfonamides is 1. The summed E-state index contributed by atoms with van der Waals surface area (Å²) in [5, 5.41) is 18.8. The van der Waals surface area contributed by atoms with Crippen LogP contribution >= 0.6 is 23.1 Å². The van der Waals surface area contributed by atoms with Crippen molar-refractivity contribution in [2.45, 2.75) is 63.6 Å². The lowest BCUT2D eigenvalue weighted by Crippen LogP contribution is -2.27. The molecule has 1 saturated heterocycles. The maximum Gasteiger partial charge on any atom is 0.256 e. The average Bonchev–Trinajstić information content (AvgIpc) is 3.54. The van der Waals surface area contributed by atoms with Crippen LogP contribution in [0.25, 0.3) is 0 Å². The van der Waals surface area contributed by atoms with Crippen molar-refractivity contribution in [1.29, 1.82) is 0 Å². The van der Waals surface area contributed by atoms with Gasteiger partial charge in [0, 0.05) is 18.5 Å². The van der Waals surface area contributed by atoms with Crippen LogP contribution in [-0.4, -0.2) is 39.7 Å². The molecule has 4 heterocycles. The number of nitrogens with one attached hydrogen (secondary N) is 2. The minimum absolute atomic E-state index is 0.0565. The number of anilines is 3. The van der Waals surface area contributed by atoms with E-state index < -0.39 is 10.0 Å². The van der Waals surface area contributed by atoms with Crippen molar-refractivity contribution in [2.75, 3.05) is 23.7 Å². The SMILES string of the molecule is CC(C)c1coc([C@H](Nc2nsnc2Nc2csc(S(=O)(=O)N3CCCC3)c2O)C(C)(C)C)c1. The third kappa shape index (κ3) is 4.95. The lowest BCUT2D eigenvalue weighted by molar-refractivity contribution is 0.303. The fourth-order valence-electron chi connectivity index (χ4n) is 3.82. The highest BCUT2D eigenvalue weighted by Gasteiger charge is 2.33. The highest BCUT2D eigenvalue weighted by atomic mass is 32.2. The molecule has 0 aliphatic carbocycles. The highest BCUT2D eigenvalue weighted by molar-refractivity contribution is 7.91. The van der Waals surface area contributed by atoms with Crippen LogP contribution in [0.3, 0.4) is 0 Å². The van der Waals surface area contributed by atoms with Crippen LogP contribution in [0.15, 0.2) is 26.3 Å². The van der Waals surface area contributed by atoms with E-state index in [9.17, 15) is 13.5 Å². The summed E-state index contributed by atoms with van der Waals surface area (Å²) in [6.45, 7) is 11.5. The van der Waals surface area contributed by atoms with Gasteiger partial charge in [-0.05, 0) is 35.8 Å². The van der Waals surface area contributed by atoms with E-state index in [1.807, 2.05) is 0 Å². The van der Waals surface area contributed by atoms with Crippen LogP contribution in [0.2, 0.25) is 0 Å². The largest absolute Gasteiger partial charge is 0.504 e. The fourth-order valence-corrected chi connectivity index (χ4v) is 7.18. The Morgan fingerprint density at radius 3 is 2.47 bits per heavy atom. The summed E-state index contributed by atoms with van der Waals surface area (Å²) in [4.78, 5) is 0. The number of hydrogen-bond acceptors (Lipinski definition) is 10. The number of aromatic hydroxyl groups is 1. The highest BCUT2D eigenvalue weighted by Crippen LogP contribution is 2.43. The summed E-state index contributed by atoms with van der Waals surface area (Å²) in [6, 6.07) is 1.87. The van der Waals surface area contributed by atoms with Crippen molar-refractivity contribution in [3.05, 3.63) is 29.0 Å². The van der Waals surface area contributed by atoms with Crippen molar-refractivity contribution in [3.8, 4) is 5.75 Å². The average molecular weight is 526 g/mol. The number of furan rings is 1. The summed E-state index contributed by atoms with van der Waals surface area (Å²) in [7, 11) is -3.72. The normalized spacial score (nSPS) is 16.3. The molecule has 0 unspecified atom stereocenters. The number of rotatable bonds is 8. The van der Waals surface area contributed by atoms with E-state index in [2.05, 4.69) is 60.1 Å². The number of thiophene rings is 1. The molecule has 0 amide bonds. The molecule has 0 aromatic carbocycles. The van der Waals surface area contributed by atoms with Crippen LogP contribution in [0.1, 0.15) is 70.7 Å². The second-order valence-corrected chi connectivity index (χ2v) is 13.4. The smallest absolute Gasteiger partial charge is 0.256 e. The minimum atomic E-state index is -3.72. The summed E-state index contributed by atoms with van der Waals surface area (Å²) in [5.74, 6) is 1.77. The quantitative estimate of drug-likeness (QED) is 0.340. The second-order valence-electron chi connectivity index (χ2n) is 9.86. The maximum atomic E-state index is 12.9. The van der Waals surface area contributed by atoms with Gasteiger partial charge >= 0.3 is 0 Å². The fraction of sp³-hybridized carbons (Fsp3) is 0.545. The standard InChI is InChI=1S/C22H31N5O4S3/c1-13(2)14-10-16(31-11-14)18(22(3,4)5)24-20-19(25-33-26-20)23-15-12-32-21(17(15)28)34(29,30)27-8-6-7-9-27/h10-13,18,28H,6-9H2,1-5H3,(H,23,25)(H,24,26)/t18-/m0/s1. The zero-order chi connectivity index (χ0) is 24.7. The molecule has 9 nitrogen and oxygen atoms in total. The monoisotopic (exact) mass is 525 g/mol. The molecule has 3 aromatic rings. The van der Waals surface area contributed by atoms with Crippen LogP contribution in [0.4, 0.5) is 17.3 Å². The van der Waals surface area contributed by atoms with E-state index in [0.717, 1.165) is 47.2 Å². The second kappa shape index (κ2) is 9.48. The molecule has 3 N–H and O–H groups in total. The van der Waals surface area contributed by atoms with Crippen LogP contribution in [-0.2, 0) is 10.0 Å². The van der Waals surface area contributed by atoms with Gasteiger partial charge in [0.1, 0.15) is 5.76 Å². The zero-order valence-electron chi connectivity index (χ0n) is 20.0. The number of nitrogens with zero attached hydrogens (tertiary/aromatic N) is 3. The first-order valence-corrected chi connectivity index (χ1v) is 14.3. The molecular formula is C22H31N5O4S3. The van der Waals surface area contributed by atoms with Crippen LogP contribution in [0.5, 0.6) is 5.75 Å². The van der Waals surface area contributed by atoms with E-state index in [1.54, 1.807) is 11.6 Å². The Hall–Kier alpha value is -2.15. The molecule has 0 radical (unpaired) electrons. The van der Waals surface area contributed by atoms with Gasteiger partial charge in [-0.25, -0.2) is 8.42 Å². The Morgan fingerprint density at radius 2 is 1.85 bits per heavy atom. The van der Waals surface area contributed by atoms with Crippen molar-refractivity contribution in [3.63, 3.8) is 0 Å². The first kappa shape index (κ1) is 25.0. The first-order chi connectivity index (χ1) is 16.0. The van der Waals surface area contributed by atoms with Crippen LogP contribution in [0, 0.1) is 5.41 Å². The summed E-state index contributed by atoms with van der Waals surface area (Å²) in [6.07, 6.45) is 3.45. The minimum Gasteiger partial charge on any atom is -0.504 e. The molecule has 0 saturated carbocycles. The molecule has 1 aliphatic rings. The molecule has 4 rings (SSSR count). The first-order valence-electron chi connectivity index (χ1n) is 11.2. The van der Waals surface area contributed by atoms with Gasteiger partial charge < -0.3 is 20.2 Å². The van der Waals surface area contributed by atoms with E-state index in [4.69, 9.17) is 4.42 Å². The Morgan fingerprint density at radius 1 is 1.18 bits per heavy atom. The van der Waals surface area contributed by atoms with Gasteiger partial charge in [-0.2, -0.15) is 13.1 Å². The van der Waals surface area contributed by atoms with Gasteiger partial charge in [0.2, 0.25) is 0 Å². The lowest BCUT2D eigenvalue weighted by atomic mass is 9.85. The molecule has 0 bridgehead atoms. The van der Waals surface area contributed by atoms with Crippen molar-refractivity contribution >= 4 is 50.4 Å². The zero-order valence-corrected chi connectivity index (χ0v) is 22.4. The molecule has 186 valence electrons. The summed E-state index contributed by atoms with van der Waals surface area (Å²) < 4.78 is 41.8. The molecule has 1 atom stereocenters. The van der Waals surface area contributed by atoms with Gasteiger partial charge in [-0.1, -0.05) is 34.6 Å². The van der Waals surface area contributed by atoms with Gasteiger partial charge in [-0.15, -0.1) is 11.3 Å². The molecule has 1 aliphatic heterocycles. The molecule has 34 heavy (non-hydrogen) atoms.